The van der Waals surface area contributed by atoms with Crippen molar-refractivity contribution < 1.29 is 10.9 Å². The third-order valence-electron chi connectivity index (χ3n) is 1.97. The molecule has 0 amide bonds. The highest BCUT2D eigenvalue weighted by molar-refractivity contribution is 4.65. The van der Waals surface area contributed by atoms with Gasteiger partial charge in [-0.3, -0.25) is 5.84 Å². The zero-order valence-corrected chi connectivity index (χ0v) is 5.71. The summed E-state index contributed by atoms with van der Waals surface area (Å²) in [6, 6.07) is 0. The summed E-state index contributed by atoms with van der Waals surface area (Å²) in [5.74, 6) is 4.36. The third-order valence-corrected chi connectivity index (χ3v) is 1.97. The lowest BCUT2D eigenvalue weighted by atomic mass is 9.99. The molecule has 1 fully saturated rings. The zero-order valence-electron chi connectivity index (χ0n) is 5.71. The van der Waals surface area contributed by atoms with E-state index in [2.05, 4.69) is 10.9 Å². The van der Waals surface area contributed by atoms with Crippen molar-refractivity contribution in [2.75, 3.05) is 19.7 Å². The second-order valence-electron chi connectivity index (χ2n) is 2.74. The Balaban J connectivity index is 2.18. The number of piperidine rings is 1. The highest BCUT2D eigenvalue weighted by Gasteiger charge is 2.17. The first-order valence-electron chi connectivity index (χ1n) is 3.49. The van der Waals surface area contributed by atoms with E-state index in [1.165, 1.54) is 0 Å². The van der Waals surface area contributed by atoms with Crippen LogP contribution >= 0.6 is 0 Å². The van der Waals surface area contributed by atoms with Crippen LogP contribution in [0.2, 0.25) is 0 Å². The van der Waals surface area contributed by atoms with Crippen LogP contribution in [-0.2, 0) is 0 Å². The fourth-order valence-corrected chi connectivity index (χ4v) is 1.17. The minimum Gasteiger partial charge on any atom is -0.396 e. The van der Waals surface area contributed by atoms with Gasteiger partial charge < -0.3 is 5.11 Å². The molecule has 4 N–H and O–H groups in total. The fraction of sp³-hybridized carbons (Fsp3) is 1.00. The molecule has 0 aromatic carbocycles. The number of rotatable bonds is 1. The number of nitrogens with zero attached hydrogens (tertiary/aromatic N) is 1. The molecular formula is C6H15N2O+. The Morgan fingerprint density at radius 1 is 1.44 bits per heavy atom. The lowest BCUT2D eigenvalue weighted by Gasteiger charge is -2.24. The van der Waals surface area contributed by atoms with Gasteiger partial charge in [0.1, 0.15) is 0 Å². The maximum atomic E-state index is 8.74. The molecule has 1 heterocycles. The van der Waals surface area contributed by atoms with Crippen LogP contribution in [0.4, 0.5) is 0 Å². The number of aliphatic hydroxyl groups excluding tert-OH is 1. The van der Waals surface area contributed by atoms with Crippen LogP contribution in [-0.4, -0.2) is 29.8 Å². The SMILES string of the molecule is [NH3+]N1CCC(CO)CC1. The van der Waals surface area contributed by atoms with Crippen LogP contribution in [0.25, 0.3) is 0 Å². The molecule has 0 aromatic rings. The second-order valence-corrected chi connectivity index (χ2v) is 2.74. The number of quaternary nitrogens is 1. The highest BCUT2D eigenvalue weighted by Crippen LogP contribution is 2.12. The van der Waals surface area contributed by atoms with Crippen molar-refractivity contribution in [3.8, 4) is 0 Å². The molecule has 0 saturated carbocycles. The van der Waals surface area contributed by atoms with E-state index in [9.17, 15) is 0 Å². The van der Waals surface area contributed by atoms with Crippen molar-refractivity contribution in [1.29, 1.82) is 0 Å². The standard InChI is InChI=1S/C6H14N2O/c7-8-3-1-6(5-9)2-4-8/h6,9H,1-5,7H2/p+1. The molecule has 1 rings (SSSR count). The van der Waals surface area contributed by atoms with Crippen molar-refractivity contribution in [3.63, 3.8) is 0 Å². The Kier molecular flexibility index (Phi) is 2.45. The van der Waals surface area contributed by atoms with Gasteiger partial charge in [-0.2, -0.15) is 5.01 Å². The van der Waals surface area contributed by atoms with E-state index in [4.69, 9.17) is 5.11 Å². The Morgan fingerprint density at radius 2 is 2.00 bits per heavy atom. The number of hydrogen-bond donors (Lipinski definition) is 2. The first-order chi connectivity index (χ1) is 4.33. The Bertz CT molecular complexity index is 79.1. The Morgan fingerprint density at radius 3 is 2.44 bits per heavy atom. The molecule has 9 heavy (non-hydrogen) atoms. The van der Waals surface area contributed by atoms with Gasteiger partial charge in [0.2, 0.25) is 0 Å². The summed E-state index contributed by atoms with van der Waals surface area (Å²) in [4.78, 5) is 0. The van der Waals surface area contributed by atoms with Crippen LogP contribution in [0.15, 0.2) is 0 Å². The van der Waals surface area contributed by atoms with E-state index >= 15 is 0 Å². The topological polar surface area (TPSA) is 51.1 Å². The van der Waals surface area contributed by atoms with Gasteiger partial charge in [-0.25, -0.2) is 0 Å². The summed E-state index contributed by atoms with van der Waals surface area (Å²) >= 11 is 0. The summed E-state index contributed by atoms with van der Waals surface area (Å²) in [5, 5.41) is 10.8. The van der Waals surface area contributed by atoms with Crippen molar-refractivity contribution in [2.45, 2.75) is 12.8 Å². The van der Waals surface area contributed by atoms with E-state index in [1.807, 2.05) is 0 Å². The van der Waals surface area contributed by atoms with Crippen molar-refractivity contribution in [1.82, 2.24) is 5.01 Å². The zero-order chi connectivity index (χ0) is 6.69. The molecular weight excluding hydrogens is 116 g/mol. The largest absolute Gasteiger partial charge is 0.396 e. The minimum atomic E-state index is 0.355. The first kappa shape index (κ1) is 6.99. The molecule has 1 aliphatic rings. The quantitative estimate of drug-likeness (QED) is 0.472. The van der Waals surface area contributed by atoms with E-state index in [-0.39, 0.29) is 0 Å². The fourth-order valence-electron chi connectivity index (χ4n) is 1.17. The van der Waals surface area contributed by atoms with Gasteiger partial charge in [0.25, 0.3) is 0 Å². The normalized spacial score (nSPS) is 24.7. The summed E-state index contributed by atoms with van der Waals surface area (Å²) < 4.78 is 0. The van der Waals surface area contributed by atoms with E-state index in [1.54, 1.807) is 0 Å². The van der Waals surface area contributed by atoms with Gasteiger partial charge in [0, 0.05) is 19.7 Å². The molecule has 0 aliphatic carbocycles. The van der Waals surface area contributed by atoms with E-state index in [0.29, 0.717) is 12.5 Å². The van der Waals surface area contributed by atoms with Gasteiger partial charge in [0.05, 0.1) is 0 Å². The number of aliphatic hydroxyl groups is 1. The maximum absolute atomic E-state index is 8.74. The van der Waals surface area contributed by atoms with E-state index in [0.717, 1.165) is 25.9 Å². The smallest absolute Gasteiger partial charge is 0.0476 e. The average Bonchev–Trinajstić information content (AvgIpc) is 1.90. The molecule has 0 aromatic heterocycles. The Hall–Kier alpha value is -0.120. The predicted molar refractivity (Wildman–Crippen MR) is 34.3 cm³/mol. The average molecular weight is 131 g/mol. The van der Waals surface area contributed by atoms with Crippen LogP contribution in [0.5, 0.6) is 0 Å². The van der Waals surface area contributed by atoms with Crippen LogP contribution in [0.1, 0.15) is 12.8 Å². The van der Waals surface area contributed by atoms with Gasteiger partial charge in [-0.15, -0.1) is 0 Å². The van der Waals surface area contributed by atoms with Gasteiger partial charge >= 0.3 is 0 Å². The predicted octanol–water partition coefficient (Wildman–Crippen LogP) is -1.15. The molecule has 3 heteroatoms. The molecule has 0 spiro atoms. The maximum Gasteiger partial charge on any atom is 0.0476 e. The van der Waals surface area contributed by atoms with Gasteiger partial charge in [-0.1, -0.05) is 0 Å². The van der Waals surface area contributed by atoms with Gasteiger partial charge in [0.15, 0.2) is 0 Å². The minimum absolute atomic E-state index is 0.355. The van der Waals surface area contributed by atoms with Crippen molar-refractivity contribution in [3.05, 3.63) is 0 Å². The molecule has 1 aliphatic heterocycles. The second kappa shape index (κ2) is 3.15. The molecule has 0 radical (unpaired) electrons. The lowest BCUT2D eigenvalue weighted by molar-refractivity contribution is -0.578. The van der Waals surface area contributed by atoms with Crippen LogP contribution < -0.4 is 5.84 Å². The highest BCUT2D eigenvalue weighted by atomic mass is 16.3. The molecule has 54 valence electrons. The van der Waals surface area contributed by atoms with Crippen LogP contribution in [0.3, 0.4) is 0 Å². The summed E-state index contributed by atoms with van der Waals surface area (Å²) in [5.41, 5.74) is 0. The summed E-state index contributed by atoms with van der Waals surface area (Å²) in [6.07, 6.45) is 2.22. The third kappa shape index (κ3) is 1.93. The summed E-state index contributed by atoms with van der Waals surface area (Å²) in [6.45, 7) is 2.45. The Labute approximate surface area is 55.4 Å². The van der Waals surface area contributed by atoms with E-state index < -0.39 is 0 Å². The summed E-state index contributed by atoms with van der Waals surface area (Å²) in [7, 11) is 0. The number of hydrogen-bond acceptors (Lipinski definition) is 2. The van der Waals surface area contributed by atoms with Crippen molar-refractivity contribution in [2.24, 2.45) is 5.92 Å². The molecule has 0 bridgehead atoms. The lowest BCUT2D eigenvalue weighted by Crippen LogP contribution is -2.69. The first-order valence-corrected chi connectivity index (χ1v) is 3.49. The molecule has 3 nitrogen and oxygen atoms in total. The monoisotopic (exact) mass is 131 g/mol. The van der Waals surface area contributed by atoms with Gasteiger partial charge in [-0.05, 0) is 18.8 Å². The van der Waals surface area contributed by atoms with Crippen LogP contribution in [0, 0.1) is 5.92 Å². The molecule has 0 unspecified atom stereocenters. The molecule has 1 saturated heterocycles. The molecule has 0 atom stereocenters. The van der Waals surface area contributed by atoms with Crippen molar-refractivity contribution >= 4 is 0 Å².